The van der Waals surface area contributed by atoms with E-state index in [0.717, 1.165) is 10.7 Å². The van der Waals surface area contributed by atoms with Crippen LogP contribution in [0.25, 0.3) is 6.08 Å². The van der Waals surface area contributed by atoms with Crippen molar-refractivity contribution in [1.82, 2.24) is 25.1 Å². The Morgan fingerprint density at radius 1 is 1.61 bits per heavy atom. The van der Waals surface area contributed by atoms with E-state index in [1.165, 1.54) is 12.4 Å². The molecule has 2 aromatic heterocycles. The summed E-state index contributed by atoms with van der Waals surface area (Å²) in [4.78, 5) is 21.6. The summed E-state index contributed by atoms with van der Waals surface area (Å²) >= 11 is 1.56. The summed E-state index contributed by atoms with van der Waals surface area (Å²) in [6, 6.07) is 0. The Labute approximate surface area is 108 Å². The maximum Gasteiger partial charge on any atom is 0.246 e. The molecule has 0 saturated carbocycles. The van der Waals surface area contributed by atoms with Crippen LogP contribution in [-0.4, -0.2) is 38.0 Å². The second-order valence-corrected chi connectivity index (χ2v) is 4.81. The topological polar surface area (TPSA) is 74.8 Å². The summed E-state index contributed by atoms with van der Waals surface area (Å²) < 4.78 is 0. The molecule has 0 atom stereocenters. The quantitative estimate of drug-likeness (QED) is 0.842. The van der Waals surface area contributed by atoms with Crippen molar-refractivity contribution in [3.05, 3.63) is 34.3 Å². The number of aromatic nitrogens is 4. The van der Waals surface area contributed by atoms with E-state index in [4.69, 9.17) is 0 Å². The number of aryl methyl sites for hydroxylation is 1. The van der Waals surface area contributed by atoms with Crippen LogP contribution in [0.4, 0.5) is 0 Å². The molecular formula is C11H13N5OS. The molecular weight excluding hydrogens is 250 g/mol. The van der Waals surface area contributed by atoms with Crippen molar-refractivity contribution in [2.24, 2.45) is 0 Å². The summed E-state index contributed by atoms with van der Waals surface area (Å²) in [5, 5.41) is 9.34. The van der Waals surface area contributed by atoms with Crippen molar-refractivity contribution in [2.75, 3.05) is 7.05 Å². The number of hydrogen-bond acceptors (Lipinski definition) is 5. The Morgan fingerprint density at radius 2 is 2.44 bits per heavy atom. The SMILES string of the molecule is Cc1nc(C=CC(=O)N(C)Cc2ncn[nH]2)cs1. The number of nitrogens with zero attached hydrogens (tertiary/aromatic N) is 4. The first kappa shape index (κ1) is 12.4. The maximum atomic E-state index is 11.8. The monoisotopic (exact) mass is 263 g/mol. The summed E-state index contributed by atoms with van der Waals surface area (Å²) in [5.74, 6) is 0.556. The third-order valence-electron chi connectivity index (χ3n) is 2.26. The van der Waals surface area contributed by atoms with E-state index in [2.05, 4.69) is 20.2 Å². The normalized spacial score (nSPS) is 11.0. The van der Waals surface area contributed by atoms with Crippen LogP contribution in [0.1, 0.15) is 16.5 Å². The second-order valence-electron chi connectivity index (χ2n) is 3.75. The van der Waals surface area contributed by atoms with Crippen molar-refractivity contribution in [1.29, 1.82) is 0 Å². The lowest BCUT2D eigenvalue weighted by atomic mass is 10.3. The molecule has 0 aliphatic heterocycles. The lowest BCUT2D eigenvalue weighted by molar-refractivity contribution is -0.125. The number of rotatable bonds is 4. The molecule has 6 nitrogen and oxygen atoms in total. The van der Waals surface area contributed by atoms with Crippen LogP contribution in [-0.2, 0) is 11.3 Å². The first-order chi connectivity index (χ1) is 8.65. The number of carbonyl (C=O) groups excluding carboxylic acids is 1. The molecule has 0 spiro atoms. The molecule has 0 aliphatic rings. The zero-order valence-electron chi connectivity index (χ0n) is 10.1. The van der Waals surface area contributed by atoms with E-state index in [0.29, 0.717) is 12.4 Å². The summed E-state index contributed by atoms with van der Waals surface area (Å²) in [6.45, 7) is 2.33. The third-order valence-corrected chi connectivity index (χ3v) is 3.05. The first-order valence-corrected chi connectivity index (χ1v) is 6.22. The molecule has 2 heterocycles. The molecule has 2 aromatic rings. The van der Waals surface area contributed by atoms with E-state index < -0.39 is 0 Å². The van der Waals surface area contributed by atoms with Gasteiger partial charge < -0.3 is 4.90 Å². The molecule has 0 aromatic carbocycles. The summed E-state index contributed by atoms with van der Waals surface area (Å²) in [7, 11) is 1.71. The van der Waals surface area contributed by atoms with Gasteiger partial charge in [-0.05, 0) is 13.0 Å². The second kappa shape index (κ2) is 5.54. The Balaban J connectivity index is 1.93. The highest BCUT2D eigenvalue weighted by Crippen LogP contribution is 2.09. The Bertz CT molecular complexity index is 546. The molecule has 0 radical (unpaired) electrons. The first-order valence-electron chi connectivity index (χ1n) is 5.34. The zero-order valence-corrected chi connectivity index (χ0v) is 10.9. The Hall–Kier alpha value is -2.02. The van der Waals surface area contributed by atoms with Crippen LogP contribution in [0.3, 0.4) is 0 Å². The fourth-order valence-electron chi connectivity index (χ4n) is 1.35. The van der Waals surface area contributed by atoms with E-state index in [1.807, 2.05) is 12.3 Å². The van der Waals surface area contributed by atoms with E-state index in [1.54, 1.807) is 29.4 Å². The molecule has 2 rings (SSSR count). The van der Waals surface area contributed by atoms with Crippen molar-refractivity contribution < 1.29 is 4.79 Å². The number of H-pyrrole nitrogens is 1. The van der Waals surface area contributed by atoms with Crippen LogP contribution < -0.4 is 0 Å². The van der Waals surface area contributed by atoms with Crippen molar-refractivity contribution in [2.45, 2.75) is 13.5 Å². The van der Waals surface area contributed by atoms with Gasteiger partial charge in [-0.25, -0.2) is 9.97 Å². The predicted molar refractivity (Wildman–Crippen MR) is 68.7 cm³/mol. The lowest BCUT2D eigenvalue weighted by Gasteiger charge is -2.12. The molecule has 18 heavy (non-hydrogen) atoms. The van der Waals surface area contributed by atoms with Crippen LogP contribution in [0, 0.1) is 6.92 Å². The van der Waals surface area contributed by atoms with Gasteiger partial charge >= 0.3 is 0 Å². The molecule has 0 saturated heterocycles. The molecule has 0 unspecified atom stereocenters. The van der Waals surface area contributed by atoms with Gasteiger partial charge in [0.15, 0.2) is 0 Å². The highest BCUT2D eigenvalue weighted by atomic mass is 32.1. The molecule has 1 amide bonds. The number of hydrogen-bond donors (Lipinski definition) is 1. The number of amides is 1. The molecule has 0 fully saturated rings. The van der Waals surface area contributed by atoms with E-state index in [-0.39, 0.29) is 5.91 Å². The Kier molecular flexibility index (Phi) is 3.83. The van der Waals surface area contributed by atoms with Gasteiger partial charge in [-0.2, -0.15) is 5.10 Å². The van der Waals surface area contributed by atoms with Gasteiger partial charge in [-0.1, -0.05) is 0 Å². The molecule has 0 aliphatic carbocycles. The van der Waals surface area contributed by atoms with Gasteiger partial charge in [0.05, 0.1) is 17.2 Å². The van der Waals surface area contributed by atoms with Crippen LogP contribution in [0.2, 0.25) is 0 Å². The van der Waals surface area contributed by atoms with Crippen LogP contribution >= 0.6 is 11.3 Å². The van der Waals surface area contributed by atoms with Crippen molar-refractivity contribution in [3.63, 3.8) is 0 Å². The van der Waals surface area contributed by atoms with Crippen LogP contribution in [0.5, 0.6) is 0 Å². The average molecular weight is 263 g/mol. The van der Waals surface area contributed by atoms with Gasteiger partial charge in [0, 0.05) is 18.5 Å². The minimum Gasteiger partial charge on any atom is -0.335 e. The number of likely N-dealkylation sites (N-methyl/N-ethyl adjacent to an activating group) is 1. The lowest BCUT2D eigenvalue weighted by Crippen LogP contribution is -2.24. The fourth-order valence-corrected chi connectivity index (χ4v) is 1.93. The Morgan fingerprint density at radius 3 is 3.06 bits per heavy atom. The van der Waals surface area contributed by atoms with E-state index >= 15 is 0 Å². The number of thiazole rings is 1. The highest BCUT2D eigenvalue weighted by molar-refractivity contribution is 7.09. The van der Waals surface area contributed by atoms with Crippen molar-refractivity contribution >= 4 is 23.3 Å². The van der Waals surface area contributed by atoms with Gasteiger partial charge in [0.25, 0.3) is 0 Å². The van der Waals surface area contributed by atoms with Crippen LogP contribution in [0.15, 0.2) is 17.8 Å². The van der Waals surface area contributed by atoms with Crippen molar-refractivity contribution in [3.8, 4) is 0 Å². The average Bonchev–Trinajstić information content (AvgIpc) is 2.97. The largest absolute Gasteiger partial charge is 0.335 e. The number of nitrogens with one attached hydrogen (secondary N) is 1. The smallest absolute Gasteiger partial charge is 0.246 e. The predicted octanol–water partition coefficient (Wildman–Crippen LogP) is 1.24. The highest BCUT2D eigenvalue weighted by Gasteiger charge is 2.07. The third kappa shape index (κ3) is 3.24. The minimum atomic E-state index is -0.1000. The van der Waals surface area contributed by atoms with E-state index in [9.17, 15) is 4.79 Å². The molecule has 0 bridgehead atoms. The number of aromatic amines is 1. The fraction of sp³-hybridized carbons (Fsp3) is 0.273. The molecule has 1 N–H and O–H groups in total. The summed E-state index contributed by atoms with van der Waals surface area (Å²) in [6.07, 6.45) is 4.63. The molecule has 7 heteroatoms. The van der Waals surface area contributed by atoms with Gasteiger partial charge in [0.2, 0.25) is 5.91 Å². The van der Waals surface area contributed by atoms with Gasteiger partial charge in [0.1, 0.15) is 12.2 Å². The molecule has 94 valence electrons. The van der Waals surface area contributed by atoms with Gasteiger partial charge in [-0.15, -0.1) is 11.3 Å². The van der Waals surface area contributed by atoms with Gasteiger partial charge in [-0.3, -0.25) is 9.89 Å². The number of carbonyl (C=O) groups is 1. The zero-order chi connectivity index (χ0) is 13.0. The summed E-state index contributed by atoms with van der Waals surface area (Å²) in [5.41, 5.74) is 0.805. The minimum absolute atomic E-state index is 0.1000. The standard InChI is InChI=1S/C11H13N5OS/c1-8-14-9(6-18-8)3-4-11(17)16(2)5-10-12-7-13-15-10/h3-4,6-7H,5H2,1-2H3,(H,12,13,15). The maximum absolute atomic E-state index is 11.8.